The highest BCUT2D eigenvalue weighted by Crippen LogP contribution is 2.34. The number of carbonyl (C=O) groups excluding carboxylic acids is 1. The molecular weight excluding hydrogens is 268 g/mol. The van der Waals surface area contributed by atoms with Crippen LogP contribution in [0.25, 0.3) is 0 Å². The van der Waals surface area contributed by atoms with Gasteiger partial charge in [-0.25, -0.2) is 0 Å². The molecule has 2 heterocycles. The van der Waals surface area contributed by atoms with Gasteiger partial charge < -0.3 is 20.1 Å². The number of nitrogens with zero attached hydrogens (tertiary/aromatic N) is 1. The van der Waals surface area contributed by atoms with E-state index in [4.69, 9.17) is 15.2 Å². The van der Waals surface area contributed by atoms with E-state index in [-0.39, 0.29) is 11.9 Å². The summed E-state index contributed by atoms with van der Waals surface area (Å²) in [6, 6.07) is 5.53. The molecule has 2 aliphatic rings. The van der Waals surface area contributed by atoms with Gasteiger partial charge in [0.25, 0.3) is 5.91 Å². The molecule has 2 atom stereocenters. The minimum Gasteiger partial charge on any atom is -0.491 e. The van der Waals surface area contributed by atoms with Gasteiger partial charge in [0.2, 0.25) is 0 Å². The molecule has 0 aromatic heterocycles. The smallest absolute Gasteiger partial charge is 0.263 e. The zero-order chi connectivity index (χ0) is 14.8. The minimum atomic E-state index is -0.476. The first-order valence-electron chi connectivity index (χ1n) is 7.63. The van der Waals surface area contributed by atoms with Gasteiger partial charge >= 0.3 is 0 Å². The van der Waals surface area contributed by atoms with Crippen LogP contribution in [-0.2, 0) is 4.79 Å². The van der Waals surface area contributed by atoms with Gasteiger partial charge in [-0.2, -0.15) is 0 Å². The summed E-state index contributed by atoms with van der Waals surface area (Å²) in [5.41, 5.74) is 6.91. The first kappa shape index (κ1) is 14.2. The van der Waals surface area contributed by atoms with Crippen LogP contribution in [0.5, 0.6) is 11.5 Å². The van der Waals surface area contributed by atoms with Gasteiger partial charge in [-0.3, -0.25) is 4.79 Å². The molecule has 1 aromatic carbocycles. The largest absolute Gasteiger partial charge is 0.491 e. The quantitative estimate of drug-likeness (QED) is 0.923. The van der Waals surface area contributed by atoms with E-state index in [1.54, 1.807) is 6.92 Å². The van der Waals surface area contributed by atoms with Gasteiger partial charge in [0.05, 0.1) is 6.04 Å². The standard InChI is InChI=1S/C16H22N2O3/c1-11(16(19)18-7-3-2-4-8-18)21-12-5-6-13-14(17)10-20-15(13)9-12/h5-6,9,11,14H,2-4,7-8,10,17H2,1H3. The Kier molecular flexibility index (Phi) is 4.01. The third kappa shape index (κ3) is 2.97. The normalized spacial score (nSPS) is 22.4. The Morgan fingerprint density at radius 2 is 2.14 bits per heavy atom. The Bertz CT molecular complexity index is 526. The van der Waals surface area contributed by atoms with Gasteiger partial charge in [-0.15, -0.1) is 0 Å². The lowest BCUT2D eigenvalue weighted by atomic mass is 10.1. The molecule has 2 aliphatic heterocycles. The SMILES string of the molecule is CC(Oc1ccc2c(c1)OCC2N)C(=O)N1CCCCC1. The number of likely N-dealkylation sites (tertiary alicyclic amines) is 1. The number of piperidine rings is 1. The molecule has 3 rings (SSSR count). The summed E-state index contributed by atoms with van der Waals surface area (Å²) in [7, 11) is 0. The van der Waals surface area contributed by atoms with E-state index in [0.29, 0.717) is 12.4 Å². The number of nitrogens with two attached hydrogens (primary N) is 1. The summed E-state index contributed by atoms with van der Waals surface area (Å²) in [5.74, 6) is 1.48. The molecule has 2 unspecified atom stereocenters. The Morgan fingerprint density at radius 1 is 1.38 bits per heavy atom. The van der Waals surface area contributed by atoms with Crippen LogP contribution >= 0.6 is 0 Å². The molecule has 0 saturated carbocycles. The molecule has 0 spiro atoms. The predicted octanol–water partition coefficient (Wildman–Crippen LogP) is 1.86. The summed E-state index contributed by atoms with van der Waals surface area (Å²) in [4.78, 5) is 14.2. The Labute approximate surface area is 125 Å². The molecule has 1 aromatic rings. The van der Waals surface area contributed by atoms with E-state index in [1.807, 2.05) is 23.1 Å². The highest BCUT2D eigenvalue weighted by Gasteiger charge is 2.25. The van der Waals surface area contributed by atoms with Crippen molar-refractivity contribution in [3.63, 3.8) is 0 Å². The van der Waals surface area contributed by atoms with Crippen molar-refractivity contribution in [2.75, 3.05) is 19.7 Å². The second-order valence-corrected chi connectivity index (χ2v) is 5.76. The van der Waals surface area contributed by atoms with E-state index in [0.717, 1.165) is 37.2 Å². The molecule has 5 nitrogen and oxygen atoms in total. The number of rotatable bonds is 3. The monoisotopic (exact) mass is 290 g/mol. The van der Waals surface area contributed by atoms with Crippen molar-refractivity contribution in [1.29, 1.82) is 0 Å². The molecular formula is C16H22N2O3. The highest BCUT2D eigenvalue weighted by atomic mass is 16.5. The Hall–Kier alpha value is -1.75. The molecule has 1 amide bonds. The van der Waals surface area contributed by atoms with E-state index in [2.05, 4.69) is 0 Å². The first-order chi connectivity index (χ1) is 10.1. The fraction of sp³-hybridized carbons (Fsp3) is 0.562. The van der Waals surface area contributed by atoms with Crippen molar-refractivity contribution >= 4 is 5.91 Å². The third-order valence-corrected chi connectivity index (χ3v) is 4.13. The van der Waals surface area contributed by atoms with Crippen molar-refractivity contribution in [2.24, 2.45) is 5.73 Å². The van der Waals surface area contributed by atoms with Crippen LogP contribution in [0.3, 0.4) is 0 Å². The maximum atomic E-state index is 12.3. The number of carbonyl (C=O) groups is 1. The van der Waals surface area contributed by atoms with Crippen molar-refractivity contribution in [1.82, 2.24) is 4.90 Å². The lowest BCUT2D eigenvalue weighted by Gasteiger charge is -2.29. The Balaban J connectivity index is 1.64. The molecule has 21 heavy (non-hydrogen) atoms. The summed E-state index contributed by atoms with van der Waals surface area (Å²) >= 11 is 0. The highest BCUT2D eigenvalue weighted by molar-refractivity contribution is 5.81. The van der Waals surface area contributed by atoms with Gasteiger partial charge in [0.1, 0.15) is 18.1 Å². The molecule has 0 bridgehead atoms. The van der Waals surface area contributed by atoms with Crippen molar-refractivity contribution in [3.05, 3.63) is 23.8 Å². The predicted molar refractivity (Wildman–Crippen MR) is 79.4 cm³/mol. The lowest BCUT2D eigenvalue weighted by molar-refractivity contribution is -0.138. The molecule has 0 radical (unpaired) electrons. The molecule has 5 heteroatoms. The van der Waals surface area contributed by atoms with Gasteiger partial charge in [0, 0.05) is 24.7 Å². The van der Waals surface area contributed by atoms with E-state index >= 15 is 0 Å². The van der Waals surface area contributed by atoms with Crippen LogP contribution in [0, 0.1) is 0 Å². The number of ether oxygens (including phenoxy) is 2. The Morgan fingerprint density at radius 3 is 2.90 bits per heavy atom. The summed E-state index contributed by atoms with van der Waals surface area (Å²) in [6.07, 6.45) is 2.91. The topological polar surface area (TPSA) is 64.8 Å². The summed E-state index contributed by atoms with van der Waals surface area (Å²) in [6.45, 7) is 3.99. The fourth-order valence-corrected chi connectivity index (χ4v) is 2.91. The second kappa shape index (κ2) is 5.93. The van der Waals surface area contributed by atoms with Crippen LogP contribution in [0.15, 0.2) is 18.2 Å². The van der Waals surface area contributed by atoms with Crippen molar-refractivity contribution < 1.29 is 14.3 Å². The summed E-state index contributed by atoms with van der Waals surface area (Å²) in [5, 5.41) is 0. The fourth-order valence-electron chi connectivity index (χ4n) is 2.91. The average Bonchev–Trinajstić information content (AvgIpc) is 2.88. The van der Waals surface area contributed by atoms with Gasteiger partial charge in [0.15, 0.2) is 6.10 Å². The number of benzene rings is 1. The van der Waals surface area contributed by atoms with Crippen LogP contribution < -0.4 is 15.2 Å². The lowest BCUT2D eigenvalue weighted by Crippen LogP contribution is -2.43. The van der Waals surface area contributed by atoms with E-state index in [1.165, 1.54) is 6.42 Å². The first-order valence-corrected chi connectivity index (χ1v) is 7.63. The van der Waals surface area contributed by atoms with Gasteiger partial charge in [-0.05, 0) is 38.3 Å². The molecule has 114 valence electrons. The number of hydrogen-bond donors (Lipinski definition) is 1. The second-order valence-electron chi connectivity index (χ2n) is 5.76. The van der Waals surface area contributed by atoms with Crippen LogP contribution in [0.4, 0.5) is 0 Å². The van der Waals surface area contributed by atoms with Crippen molar-refractivity contribution in [3.8, 4) is 11.5 Å². The number of fused-ring (bicyclic) bond motifs is 1. The minimum absolute atomic E-state index is 0.0628. The maximum absolute atomic E-state index is 12.3. The summed E-state index contributed by atoms with van der Waals surface area (Å²) < 4.78 is 11.3. The molecule has 2 N–H and O–H groups in total. The number of hydrogen-bond acceptors (Lipinski definition) is 4. The van der Waals surface area contributed by atoms with E-state index in [9.17, 15) is 4.79 Å². The van der Waals surface area contributed by atoms with Gasteiger partial charge in [-0.1, -0.05) is 0 Å². The third-order valence-electron chi connectivity index (χ3n) is 4.13. The molecule has 1 saturated heterocycles. The zero-order valence-corrected chi connectivity index (χ0v) is 12.4. The van der Waals surface area contributed by atoms with Crippen LogP contribution in [0.2, 0.25) is 0 Å². The average molecular weight is 290 g/mol. The van der Waals surface area contributed by atoms with Crippen molar-refractivity contribution in [2.45, 2.75) is 38.3 Å². The maximum Gasteiger partial charge on any atom is 0.263 e. The van der Waals surface area contributed by atoms with Crippen LogP contribution in [-0.4, -0.2) is 36.6 Å². The molecule has 0 aliphatic carbocycles. The van der Waals surface area contributed by atoms with E-state index < -0.39 is 6.10 Å². The number of amides is 1. The molecule has 1 fully saturated rings. The zero-order valence-electron chi connectivity index (χ0n) is 12.4. The van der Waals surface area contributed by atoms with Crippen LogP contribution in [0.1, 0.15) is 37.8 Å².